The Bertz CT molecular complexity index is 750. The van der Waals surface area contributed by atoms with Gasteiger partial charge in [0.15, 0.2) is 14.1 Å². The Morgan fingerprint density at radius 2 is 1.62 bits per heavy atom. The highest BCUT2D eigenvalue weighted by Crippen LogP contribution is 2.66. The van der Waals surface area contributed by atoms with Gasteiger partial charge in [-0.2, -0.15) is 0 Å². The van der Waals surface area contributed by atoms with E-state index in [-0.39, 0.29) is 22.5 Å². The van der Waals surface area contributed by atoms with Gasteiger partial charge in [-0.15, -0.1) is 0 Å². The summed E-state index contributed by atoms with van der Waals surface area (Å²) < 4.78 is 19.3. The van der Waals surface area contributed by atoms with Crippen molar-refractivity contribution in [3.63, 3.8) is 0 Å². The summed E-state index contributed by atoms with van der Waals surface area (Å²) in [7, 11) is -1.99. The first-order valence-electron chi connectivity index (χ1n) is 13.0. The summed E-state index contributed by atoms with van der Waals surface area (Å²) in [4.78, 5) is 0. The highest BCUT2D eigenvalue weighted by Gasteiger charge is 2.70. The highest BCUT2D eigenvalue weighted by molar-refractivity contribution is 6.74. The summed E-state index contributed by atoms with van der Waals surface area (Å²) in [5.41, 5.74) is -0.498. The van der Waals surface area contributed by atoms with Gasteiger partial charge in [0.25, 0.3) is 0 Å². The van der Waals surface area contributed by atoms with Crippen LogP contribution < -0.4 is 0 Å². The predicted molar refractivity (Wildman–Crippen MR) is 131 cm³/mol. The minimum Gasteiger partial charge on any atom is -0.401 e. The van der Waals surface area contributed by atoms with E-state index in [1.165, 1.54) is 32.1 Å². The molecule has 4 nitrogen and oxygen atoms in total. The van der Waals surface area contributed by atoms with Crippen LogP contribution in [0.1, 0.15) is 86.0 Å². The molecule has 4 rings (SSSR count). The molecule has 5 atom stereocenters. The summed E-state index contributed by atoms with van der Waals surface area (Å²) in [6.07, 6.45) is 8.44. The van der Waals surface area contributed by atoms with Gasteiger partial charge in [0.05, 0.1) is 25.2 Å². The molecule has 0 radical (unpaired) electrons. The molecule has 4 aliphatic rings. The zero-order valence-corrected chi connectivity index (χ0v) is 22.6. The smallest absolute Gasteiger partial charge is 0.194 e. The number of aliphatic hydroxyl groups excluding tert-OH is 1. The van der Waals surface area contributed by atoms with Crippen molar-refractivity contribution < 1.29 is 19.0 Å². The maximum Gasteiger partial charge on any atom is 0.194 e. The SMILES string of the molecule is CC(C)(C)[Si](C)(C)O[C@](C)(C#C[C@H]1[C@H](O)CC[C@@]2(C)[C@@H]1CC21OCCO1)C1CCCCC1. The normalized spacial score (nSPS) is 37.2. The molecule has 32 heavy (non-hydrogen) atoms. The van der Waals surface area contributed by atoms with Crippen LogP contribution >= 0.6 is 0 Å². The van der Waals surface area contributed by atoms with E-state index in [0.29, 0.717) is 25.0 Å². The molecular formula is C27H46O4Si. The van der Waals surface area contributed by atoms with Crippen LogP contribution in [-0.4, -0.2) is 44.1 Å². The first kappa shape index (κ1) is 24.7. The van der Waals surface area contributed by atoms with Crippen LogP contribution in [0.5, 0.6) is 0 Å². The first-order valence-corrected chi connectivity index (χ1v) is 15.9. The molecule has 1 N–H and O–H groups in total. The molecule has 1 saturated heterocycles. The molecule has 1 heterocycles. The zero-order valence-electron chi connectivity index (χ0n) is 21.6. The second kappa shape index (κ2) is 8.38. The summed E-state index contributed by atoms with van der Waals surface area (Å²) in [6.45, 7) is 17.5. The first-order chi connectivity index (χ1) is 14.8. The van der Waals surface area contributed by atoms with Gasteiger partial charge >= 0.3 is 0 Å². The Hall–Kier alpha value is -0.383. The number of hydrogen-bond donors (Lipinski definition) is 1. The van der Waals surface area contributed by atoms with Crippen LogP contribution in [0.2, 0.25) is 18.1 Å². The molecule has 3 aliphatic carbocycles. The lowest BCUT2D eigenvalue weighted by atomic mass is 9.47. The van der Waals surface area contributed by atoms with Crippen molar-refractivity contribution in [2.75, 3.05) is 13.2 Å². The molecule has 1 aliphatic heterocycles. The summed E-state index contributed by atoms with van der Waals surface area (Å²) in [6, 6.07) is 0. The van der Waals surface area contributed by atoms with Gasteiger partial charge in [0, 0.05) is 11.8 Å². The Morgan fingerprint density at radius 1 is 1.00 bits per heavy atom. The Kier molecular flexibility index (Phi) is 6.48. The fourth-order valence-electron chi connectivity index (χ4n) is 6.57. The largest absolute Gasteiger partial charge is 0.401 e. The van der Waals surface area contributed by atoms with E-state index in [1.807, 2.05) is 0 Å². The van der Waals surface area contributed by atoms with Crippen LogP contribution in [-0.2, 0) is 13.9 Å². The summed E-state index contributed by atoms with van der Waals surface area (Å²) in [5.74, 6) is 7.65. The topological polar surface area (TPSA) is 47.9 Å². The molecule has 182 valence electrons. The Balaban J connectivity index is 1.62. The Labute approximate surface area is 197 Å². The monoisotopic (exact) mass is 462 g/mol. The third kappa shape index (κ3) is 4.03. The van der Waals surface area contributed by atoms with E-state index in [0.717, 1.165) is 19.3 Å². The molecule has 0 unspecified atom stereocenters. The van der Waals surface area contributed by atoms with E-state index in [1.54, 1.807) is 0 Å². The average Bonchev–Trinajstić information content (AvgIpc) is 3.22. The van der Waals surface area contributed by atoms with E-state index in [2.05, 4.69) is 59.6 Å². The lowest BCUT2D eigenvalue weighted by molar-refractivity contribution is -0.344. The van der Waals surface area contributed by atoms with Crippen LogP contribution in [0.15, 0.2) is 0 Å². The fraction of sp³-hybridized carbons (Fsp3) is 0.926. The van der Waals surface area contributed by atoms with Crippen molar-refractivity contribution in [3.8, 4) is 11.8 Å². The zero-order chi connectivity index (χ0) is 23.4. The third-order valence-corrected chi connectivity index (χ3v) is 14.4. The van der Waals surface area contributed by atoms with Gasteiger partial charge in [-0.1, -0.05) is 58.8 Å². The summed E-state index contributed by atoms with van der Waals surface area (Å²) >= 11 is 0. The van der Waals surface area contributed by atoms with Crippen molar-refractivity contribution in [1.82, 2.24) is 0 Å². The average molecular weight is 463 g/mol. The van der Waals surface area contributed by atoms with Crippen molar-refractivity contribution in [2.45, 2.75) is 122 Å². The molecule has 0 amide bonds. The van der Waals surface area contributed by atoms with Crippen LogP contribution in [0.3, 0.4) is 0 Å². The molecule has 0 bridgehead atoms. The standard InChI is InChI=1S/C27H46O4Si/c1-24(2,3)32(6,7)31-26(5,20-11-9-8-10-12-20)16-13-21-22-19-27(29-17-18-30-27)25(22,4)15-14-23(21)28/h20-23,28H,8-12,14-15,17-19H2,1-7H3/t21-,22-,23-,25+,26-/m1/s1. The number of rotatable bonds is 3. The Morgan fingerprint density at radius 3 is 2.22 bits per heavy atom. The highest BCUT2D eigenvalue weighted by atomic mass is 28.4. The van der Waals surface area contributed by atoms with Gasteiger partial charge in [-0.3, -0.25) is 0 Å². The minimum absolute atomic E-state index is 0.0295. The van der Waals surface area contributed by atoms with Gasteiger partial charge in [0.1, 0.15) is 5.60 Å². The molecule has 3 saturated carbocycles. The number of ether oxygens (including phenoxy) is 2. The molecule has 0 aromatic rings. The molecule has 4 fully saturated rings. The number of aliphatic hydroxyl groups is 1. The van der Waals surface area contributed by atoms with Gasteiger partial charge in [-0.25, -0.2) is 0 Å². The number of hydrogen-bond acceptors (Lipinski definition) is 4. The van der Waals surface area contributed by atoms with E-state index in [9.17, 15) is 5.11 Å². The molecule has 0 aromatic heterocycles. The van der Waals surface area contributed by atoms with Crippen molar-refractivity contribution in [3.05, 3.63) is 0 Å². The van der Waals surface area contributed by atoms with Crippen LogP contribution in [0.25, 0.3) is 0 Å². The lowest BCUT2D eigenvalue weighted by Crippen LogP contribution is -2.67. The second-order valence-corrected chi connectivity index (χ2v) is 17.6. The van der Waals surface area contributed by atoms with Crippen LogP contribution in [0, 0.1) is 35.0 Å². The van der Waals surface area contributed by atoms with Gasteiger partial charge in [0.2, 0.25) is 0 Å². The predicted octanol–water partition coefficient (Wildman–Crippen LogP) is 5.89. The maximum absolute atomic E-state index is 11.0. The van der Waals surface area contributed by atoms with Crippen molar-refractivity contribution >= 4 is 8.32 Å². The van der Waals surface area contributed by atoms with Crippen molar-refractivity contribution in [2.24, 2.45) is 23.2 Å². The molecular weight excluding hydrogens is 416 g/mol. The van der Waals surface area contributed by atoms with Gasteiger partial charge in [-0.05, 0) is 62.6 Å². The van der Waals surface area contributed by atoms with E-state index >= 15 is 0 Å². The fourth-order valence-corrected chi connectivity index (χ4v) is 8.15. The van der Waals surface area contributed by atoms with Gasteiger partial charge < -0.3 is 19.0 Å². The second-order valence-electron chi connectivity index (χ2n) is 12.9. The maximum atomic E-state index is 11.0. The molecule has 0 aromatic carbocycles. The summed E-state index contributed by atoms with van der Waals surface area (Å²) in [5, 5.41) is 11.1. The number of fused-ring (bicyclic) bond motifs is 2. The molecule has 1 spiro atoms. The lowest BCUT2D eigenvalue weighted by Gasteiger charge is -2.64. The van der Waals surface area contributed by atoms with Crippen LogP contribution in [0.4, 0.5) is 0 Å². The molecule has 5 heteroatoms. The van der Waals surface area contributed by atoms with E-state index < -0.39 is 19.7 Å². The minimum atomic E-state index is -1.99. The quantitative estimate of drug-likeness (QED) is 0.419. The van der Waals surface area contributed by atoms with Crippen molar-refractivity contribution in [1.29, 1.82) is 0 Å². The van der Waals surface area contributed by atoms with E-state index in [4.69, 9.17) is 13.9 Å². The third-order valence-electron chi connectivity index (χ3n) is 9.88.